The molecule has 2 aromatic rings. The van der Waals surface area contributed by atoms with E-state index < -0.39 is 0 Å². The van der Waals surface area contributed by atoms with Crippen LogP contribution in [0.3, 0.4) is 0 Å². The Labute approximate surface area is 116 Å². The Morgan fingerprint density at radius 3 is 2.74 bits per heavy atom. The van der Waals surface area contributed by atoms with Crippen LogP contribution in [0.4, 0.5) is 0 Å². The van der Waals surface area contributed by atoms with Crippen LogP contribution in [-0.2, 0) is 6.61 Å². The predicted octanol–water partition coefficient (Wildman–Crippen LogP) is 3.68. The van der Waals surface area contributed by atoms with Crippen LogP contribution in [-0.4, -0.2) is 10.8 Å². The van der Waals surface area contributed by atoms with E-state index in [9.17, 15) is 4.79 Å². The molecule has 0 aliphatic heterocycles. The molecule has 0 atom stereocenters. The Morgan fingerprint density at radius 2 is 2.05 bits per heavy atom. The summed E-state index contributed by atoms with van der Waals surface area (Å²) >= 11 is 5.93. The van der Waals surface area contributed by atoms with E-state index in [4.69, 9.17) is 16.3 Å². The van der Waals surface area contributed by atoms with Crippen LogP contribution in [0, 0.1) is 0 Å². The second kappa shape index (κ2) is 6.16. The summed E-state index contributed by atoms with van der Waals surface area (Å²) in [6.07, 6.45) is 2.70. The molecule has 1 aromatic carbocycles. The summed E-state index contributed by atoms with van der Waals surface area (Å²) < 4.78 is 5.63. The molecule has 1 aromatic heterocycles. The minimum Gasteiger partial charge on any atom is -0.488 e. The lowest BCUT2D eigenvalue weighted by molar-refractivity contribution is 0.104. The van der Waals surface area contributed by atoms with Gasteiger partial charge in [0.25, 0.3) is 0 Å². The average Bonchev–Trinajstić information content (AvgIpc) is 2.45. The van der Waals surface area contributed by atoms with Gasteiger partial charge in [0, 0.05) is 6.20 Å². The van der Waals surface area contributed by atoms with Crippen molar-refractivity contribution in [1.29, 1.82) is 0 Å². The van der Waals surface area contributed by atoms with E-state index in [1.165, 1.54) is 12.3 Å². The molecule has 0 radical (unpaired) electrons. The Bertz CT molecular complexity index is 596. The van der Waals surface area contributed by atoms with Gasteiger partial charge in [0.05, 0.1) is 0 Å². The lowest BCUT2D eigenvalue weighted by Gasteiger charge is -2.10. The van der Waals surface area contributed by atoms with Gasteiger partial charge in [0.1, 0.15) is 23.1 Å². The molecule has 19 heavy (non-hydrogen) atoms. The van der Waals surface area contributed by atoms with Gasteiger partial charge in [0.2, 0.25) is 0 Å². The van der Waals surface area contributed by atoms with Crippen molar-refractivity contribution in [3.8, 4) is 5.75 Å². The van der Waals surface area contributed by atoms with E-state index in [1.807, 2.05) is 30.3 Å². The second-order valence-corrected chi connectivity index (χ2v) is 4.18. The Morgan fingerprint density at radius 1 is 1.32 bits per heavy atom. The Balaban J connectivity index is 2.23. The number of carbonyl (C=O) groups is 1. The molecule has 0 aliphatic carbocycles. The number of halogens is 1. The molecule has 0 saturated heterocycles. The lowest BCUT2D eigenvalue weighted by Crippen LogP contribution is -2.04. The van der Waals surface area contributed by atoms with Crippen molar-refractivity contribution >= 4 is 17.4 Å². The summed E-state index contributed by atoms with van der Waals surface area (Å²) in [5.41, 5.74) is 1.25. The van der Waals surface area contributed by atoms with Crippen LogP contribution in [0.5, 0.6) is 5.75 Å². The lowest BCUT2D eigenvalue weighted by atomic mass is 10.1. The largest absolute Gasteiger partial charge is 0.488 e. The second-order valence-electron chi connectivity index (χ2n) is 3.82. The molecule has 0 N–H and O–H groups in total. The number of hydrogen-bond acceptors (Lipinski definition) is 3. The van der Waals surface area contributed by atoms with Crippen molar-refractivity contribution in [3.05, 3.63) is 71.5 Å². The molecule has 0 aliphatic rings. The molecule has 0 unspecified atom stereocenters. The molecular weight excluding hydrogens is 262 g/mol. The van der Waals surface area contributed by atoms with E-state index in [0.29, 0.717) is 12.4 Å². The molecule has 0 bridgehead atoms. The van der Waals surface area contributed by atoms with Gasteiger partial charge in [-0.15, -0.1) is 0 Å². The maximum atomic E-state index is 11.7. The summed E-state index contributed by atoms with van der Waals surface area (Å²) in [6.45, 7) is 3.81. The number of hydrogen-bond donors (Lipinski definition) is 0. The molecule has 0 amide bonds. The number of aromatic nitrogens is 1. The van der Waals surface area contributed by atoms with Crippen molar-refractivity contribution in [3.63, 3.8) is 0 Å². The zero-order valence-corrected chi connectivity index (χ0v) is 10.9. The third-order valence-electron chi connectivity index (χ3n) is 2.54. The van der Waals surface area contributed by atoms with E-state index in [-0.39, 0.29) is 16.5 Å². The molecular formula is C15H12ClNO2. The average molecular weight is 274 g/mol. The number of rotatable bonds is 5. The maximum absolute atomic E-state index is 11.7. The topological polar surface area (TPSA) is 39.2 Å². The first-order valence-electron chi connectivity index (χ1n) is 5.70. The molecule has 1 heterocycles. The van der Waals surface area contributed by atoms with E-state index in [2.05, 4.69) is 11.6 Å². The van der Waals surface area contributed by atoms with E-state index >= 15 is 0 Å². The Hall–Kier alpha value is -2.13. The zero-order chi connectivity index (χ0) is 13.7. The molecule has 4 heteroatoms. The highest BCUT2D eigenvalue weighted by molar-refractivity contribution is 6.33. The molecule has 0 spiro atoms. The van der Waals surface area contributed by atoms with Crippen LogP contribution in [0.15, 0.2) is 55.3 Å². The number of ketones is 1. The fourth-order valence-electron chi connectivity index (χ4n) is 1.60. The van der Waals surface area contributed by atoms with Gasteiger partial charge in [0.15, 0.2) is 5.78 Å². The standard InChI is InChI=1S/C15H12ClNO2/c1-2-12(18)14-13(8-9-17-15(14)16)19-10-11-6-4-3-5-7-11/h2-9H,1,10H2. The van der Waals surface area contributed by atoms with Crippen molar-refractivity contribution < 1.29 is 9.53 Å². The third-order valence-corrected chi connectivity index (χ3v) is 2.82. The van der Waals surface area contributed by atoms with Crippen LogP contribution in [0.2, 0.25) is 5.15 Å². The molecule has 0 saturated carbocycles. The van der Waals surface area contributed by atoms with Crippen LogP contribution in [0.25, 0.3) is 0 Å². The smallest absolute Gasteiger partial charge is 0.192 e. The van der Waals surface area contributed by atoms with Gasteiger partial charge in [-0.05, 0) is 17.7 Å². The number of carbonyl (C=O) groups excluding carboxylic acids is 1. The van der Waals surface area contributed by atoms with E-state index in [0.717, 1.165) is 5.56 Å². The van der Waals surface area contributed by atoms with Crippen molar-refractivity contribution in [2.45, 2.75) is 6.61 Å². The summed E-state index contributed by atoms with van der Waals surface area (Å²) in [5.74, 6) is 0.106. The number of allylic oxidation sites excluding steroid dienone is 1. The quantitative estimate of drug-likeness (QED) is 0.474. The van der Waals surface area contributed by atoms with Gasteiger partial charge in [-0.2, -0.15) is 0 Å². The van der Waals surface area contributed by atoms with Crippen molar-refractivity contribution in [2.24, 2.45) is 0 Å². The van der Waals surface area contributed by atoms with Gasteiger partial charge in [-0.1, -0.05) is 48.5 Å². The maximum Gasteiger partial charge on any atom is 0.192 e. The van der Waals surface area contributed by atoms with Crippen LogP contribution in [0.1, 0.15) is 15.9 Å². The van der Waals surface area contributed by atoms with Gasteiger partial charge in [-0.25, -0.2) is 4.98 Å². The molecule has 3 nitrogen and oxygen atoms in total. The van der Waals surface area contributed by atoms with Crippen LogP contribution < -0.4 is 4.74 Å². The fraction of sp³-hybridized carbons (Fsp3) is 0.0667. The number of benzene rings is 1. The van der Waals surface area contributed by atoms with Crippen molar-refractivity contribution in [2.75, 3.05) is 0 Å². The Kier molecular flexibility index (Phi) is 4.31. The van der Waals surface area contributed by atoms with E-state index in [1.54, 1.807) is 6.07 Å². The summed E-state index contributed by atoms with van der Waals surface area (Å²) in [4.78, 5) is 15.6. The number of nitrogens with zero attached hydrogens (tertiary/aromatic N) is 1. The highest BCUT2D eigenvalue weighted by Crippen LogP contribution is 2.25. The number of pyridine rings is 1. The fourth-order valence-corrected chi connectivity index (χ4v) is 1.84. The highest BCUT2D eigenvalue weighted by Gasteiger charge is 2.15. The predicted molar refractivity (Wildman–Crippen MR) is 74.5 cm³/mol. The highest BCUT2D eigenvalue weighted by atomic mass is 35.5. The molecule has 96 valence electrons. The summed E-state index contributed by atoms with van der Waals surface area (Å²) in [6, 6.07) is 11.3. The number of ether oxygens (including phenoxy) is 1. The normalized spacial score (nSPS) is 9.95. The SMILES string of the molecule is C=CC(=O)c1c(OCc2ccccc2)ccnc1Cl. The molecule has 2 rings (SSSR count). The third kappa shape index (κ3) is 3.20. The van der Waals surface area contributed by atoms with Crippen molar-refractivity contribution in [1.82, 2.24) is 4.98 Å². The monoisotopic (exact) mass is 273 g/mol. The first-order valence-corrected chi connectivity index (χ1v) is 6.08. The van der Waals surface area contributed by atoms with Gasteiger partial charge >= 0.3 is 0 Å². The first-order chi connectivity index (χ1) is 9.22. The summed E-state index contributed by atoms with van der Waals surface area (Å²) in [7, 11) is 0. The molecule has 0 fully saturated rings. The minimum atomic E-state index is -0.304. The van der Waals surface area contributed by atoms with Gasteiger partial charge < -0.3 is 4.74 Å². The first kappa shape index (κ1) is 13.3. The summed E-state index contributed by atoms with van der Waals surface area (Å²) in [5, 5.41) is 0.121. The minimum absolute atomic E-state index is 0.121. The van der Waals surface area contributed by atoms with Crippen LogP contribution >= 0.6 is 11.6 Å². The van der Waals surface area contributed by atoms with Gasteiger partial charge in [-0.3, -0.25) is 4.79 Å². The zero-order valence-electron chi connectivity index (χ0n) is 10.2.